The molecule has 34 heavy (non-hydrogen) atoms. The Balaban J connectivity index is 1.25. The van der Waals surface area contributed by atoms with E-state index in [1.165, 1.54) is 18.2 Å². The summed E-state index contributed by atoms with van der Waals surface area (Å²) in [4.78, 5) is 37.7. The van der Waals surface area contributed by atoms with E-state index in [0.29, 0.717) is 36.2 Å². The predicted octanol–water partition coefficient (Wildman–Crippen LogP) is 2.46. The summed E-state index contributed by atoms with van der Waals surface area (Å²) in [6.45, 7) is 6.54. The van der Waals surface area contributed by atoms with Gasteiger partial charge in [-0.1, -0.05) is 13.8 Å². The van der Waals surface area contributed by atoms with E-state index in [9.17, 15) is 18.4 Å². The van der Waals surface area contributed by atoms with E-state index < -0.39 is 6.29 Å². The van der Waals surface area contributed by atoms with E-state index in [1.54, 1.807) is 11.8 Å². The van der Waals surface area contributed by atoms with Crippen LogP contribution < -0.4 is 25.0 Å². The molecule has 0 aliphatic carbocycles. The fourth-order valence-corrected chi connectivity index (χ4v) is 4.46. The lowest BCUT2D eigenvalue weighted by molar-refractivity contribution is -0.286. The van der Waals surface area contributed by atoms with Gasteiger partial charge in [-0.05, 0) is 31.0 Å². The molecule has 4 heterocycles. The van der Waals surface area contributed by atoms with Gasteiger partial charge in [0, 0.05) is 25.7 Å². The van der Waals surface area contributed by atoms with Crippen LogP contribution in [-0.4, -0.2) is 65.2 Å². The van der Waals surface area contributed by atoms with Crippen molar-refractivity contribution in [1.29, 1.82) is 0 Å². The zero-order chi connectivity index (χ0) is 24.4. The SMILES string of the molecule is Cc1nc(NC2CN(C(=O)c3ccc4c(c3)OC(F)(F)O4)C2)nc2c1NC(=O)C(C(C)C)N2C. The Labute approximate surface area is 194 Å². The average molecular weight is 474 g/mol. The Hall–Kier alpha value is -3.70. The maximum atomic E-state index is 13.2. The number of likely N-dealkylation sites (tertiary alicyclic amines) is 1. The van der Waals surface area contributed by atoms with Gasteiger partial charge in [0.2, 0.25) is 11.9 Å². The van der Waals surface area contributed by atoms with Crippen molar-refractivity contribution in [2.24, 2.45) is 5.92 Å². The molecule has 0 bridgehead atoms. The van der Waals surface area contributed by atoms with Crippen LogP contribution in [0.3, 0.4) is 0 Å². The van der Waals surface area contributed by atoms with Crippen LogP contribution in [0.2, 0.25) is 0 Å². The number of nitrogens with one attached hydrogen (secondary N) is 2. The molecule has 12 heteroatoms. The van der Waals surface area contributed by atoms with E-state index in [1.807, 2.05) is 25.8 Å². The van der Waals surface area contributed by atoms with Gasteiger partial charge in [0.05, 0.1) is 11.7 Å². The number of ether oxygens (including phenoxy) is 2. The third-order valence-corrected chi connectivity index (χ3v) is 6.12. The van der Waals surface area contributed by atoms with Crippen molar-refractivity contribution < 1.29 is 27.8 Å². The topological polar surface area (TPSA) is 109 Å². The lowest BCUT2D eigenvalue weighted by Gasteiger charge is -2.40. The maximum absolute atomic E-state index is 13.2. The molecule has 1 atom stereocenters. The van der Waals surface area contributed by atoms with Crippen LogP contribution in [0, 0.1) is 12.8 Å². The van der Waals surface area contributed by atoms with Gasteiger partial charge in [-0.2, -0.15) is 4.98 Å². The van der Waals surface area contributed by atoms with Crippen molar-refractivity contribution in [3.63, 3.8) is 0 Å². The monoisotopic (exact) mass is 474 g/mol. The first kappa shape index (κ1) is 22.1. The number of hydrogen-bond acceptors (Lipinski definition) is 8. The summed E-state index contributed by atoms with van der Waals surface area (Å²) in [5.41, 5.74) is 1.46. The fraction of sp³-hybridized carbons (Fsp3) is 0.455. The van der Waals surface area contributed by atoms with Gasteiger partial charge in [0.15, 0.2) is 17.3 Å². The molecule has 5 rings (SSSR count). The molecular formula is C22H24F2N6O4. The molecule has 1 saturated heterocycles. The van der Waals surface area contributed by atoms with Crippen LogP contribution in [0.1, 0.15) is 29.9 Å². The Morgan fingerprint density at radius 2 is 1.94 bits per heavy atom. The minimum Gasteiger partial charge on any atom is -0.395 e. The Bertz CT molecular complexity index is 1180. The summed E-state index contributed by atoms with van der Waals surface area (Å²) < 4.78 is 35.2. The summed E-state index contributed by atoms with van der Waals surface area (Å²) in [5.74, 6) is 0.480. The van der Waals surface area contributed by atoms with Crippen molar-refractivity contribution in [3.05, 3.63) is 29.5 Å². The van der Waals surface area contributed by atoms with E-state index in [0.717, 1.165) is 0 Å². The number of halogens is 2. The Morgan fingerprint density at radius 1 is 1.24 bits per heavy atom. The second-order valence-corrected chi connectivity index (χ2v) is 9.00. The second kappa shape index (κ2) is 7.67. The molecule has 10 nitrogen and oxygen atoms in total. The summed E-state index contributed by atoms with van der Waals surface area (Å²) in [6, 6.07) is 3.56. The number of hydrogen-bond donors (Lipinski definition) is 2. The number of carbonyl (C=O) groups is 2. The van der Waals surface area contributed by atoms with Crippen LogP contribution in [0.5, 0.6) is 11.5 Å². The van der Waals surface area contributed by atoms with Crippen LogP contribution >= 0.6 is 0 Å². The standard InChI is InChI=1S/C22H24F2N6O4/c1-10(2)17-19(31)27-16-11(3)25-21(28-18(16)29(17)4)26-13-8-30(9-13)20(32)12-5-6-14-15(7-12)34-22(23,24)33-14/h5-7,10,13,17H,8-9H2,1-4H3,(H,27,31)(H,25,26,28). The number of aromatic nitrogens is 2. The Morgan fingerprint density at radius 3 is 2.65 bits per heavy atom. The Kier molecular flexibility index (Phi) is 4.99. The summed E-state index contributed by atoms with van der Waals surface area (Å²) in [5, 5.41) is 6.14. The first-order chi connectivity index (χ1) is 16.0. The van der Waals surface area contributed by atoms with Crippen LogP contribution in [0.4, 0.5) is 26.2 Å². The molecule has 180 valence electrons. The van der Waals surface area contributed by atoms with E-state index in [-0.39, 0.29) is 46.9 Å². The van der Waals surface area contributed by atoms with Gasteiger partial charge in [0.1, 0.15) is 11.7 Å². The van der Waals surface area contributed by atoms with E-state index in [4.69, 9.17) is 0 Å². The van der Waals surface area contributed by atoms with Crippen molar-refractivity contribution in [3.8, 4) is 11.5 Å². The van der Waals surface area contributed by atoms with Gasteiger partial charge in [-0.15, -0.1) is 8.78 Å². The van der Waals surface area contributed by atoms with Gasteiger partial charge in [-0.25, -0.2) is 4.98 Å². The quantitative estimate of drug-likeness (QED) is 0.696. The van der Waals surface area contributed by atoms with E-state index >= 15 is 0 Å². The second-order valence-electron chi connectivity index (χ2n) is 9.00. The highest BCUT2D eigenvalue weighted by Gasteiger charge is 2.44. The number of aryl methyl sites for hydroxylation is 1. The number of nitrogens with zero attached hydrogens (tertiary/aromatic N) is 4. The number of likely N-dealkylation sites (N-methyl/N-ethyl adjacent to an activating group) is 1. The van der Waals surface area contributed by atoms with Gasteiger partial charge in [0.25, 0.3) is 5.91 Å². The first-order valence-electron chi connectivity index (χ1n) is 10.9. The maximum Gasteiger partial charge on any atom is 0.586 e. The van der Waals surface area contributed by atoms with Gasteiger partial charge >= 0.3 is 6.29 Å². The van der Waals surface area contributed by atoms with Crippen LogP contribution in [-0.2, 0) is 4.79 Å². The third-order valence-electron chi connectivity index (χ3n) is 6.12. The molecule has 0 radical (unpaired) electrons. The molecule has 2 amide bonds. The third kappa shape index (κ3) is 3.72. The molecule has 1 unspecified atom stereocenters. The normalized spacial score (nSPS) is 20.7. The number of rotatable bonds is 4. The molecule has 3 aliphatic heterocycles. The van der Waals surface area contributed by atoms with Gasteiger partial charge < -0.3 is 29.9 Å². The highest BCUT2D eigenvalue weighted by molar-refractivity contribution is 6.03. The molecule has 1 fully saturated rings. The number of amides is 2. The molecule has 2 N–H and O–H groups in total. The molecule has 1 aromatic carbocycles. The van der Waals surface area contributed by atoms with E-state index in [2.05, 4.69) is 30.1 Å². The van der Waals surface area contributed by atoms with Crippen molar-refractivity contribution >= 4 is 29.3 Å². The van der Waals surface area contributed by atoms with Crippen molar-refractivity contribution in [2.75, 3.05) is 35.7 Å². The predicted molar refractivity (Wildman–Crippen MR) is 118 cm³/mol. The summed E-state index contributed by atoms with van der Waals surface area (Å²) >= 11 is 0. The van der Waals surface area contributed by atoms with Crippen molar-refractivity contribution in [1.82, 2.24) is 14.9 Å². The number of alkyl halides is 2. The average Bonchev–Trinajstić information content (AvgIpc) is 3.03. The van der Waals surface area contributed by atoms with Crippen molar-refractivity contribution in [2.45, 2.75) is 39.1 Å². The largest absolute Gasteiger partial charge is 0.586 e. The lowest BCUT2D eigenvalue weighted by Crippen LogP contribution is -2.57. The smallest absolute Gasteiger partial charge is 0.395 e. The number of fused-ring (bicyclic) bond motifs is 2. The molecule has 1 aromatic heterocycles. The zero-order valence-corrected chi connectivity index (χ0v) is 19.1. The molecule has 0 spiro atoms. The van der Waals surface area contributed by atoms with Gasteiger partial charge in [-0.3, -0.25) is 9.59 Å². The minimum atomic E-state index is -3.73. The molecule has 2 aromatic rings. The fourth-order valence-electron chi connectivity index (χ4n) is 4.46. The highest BCUT2D eigenvalue weighted by Crippen LogP contribution is 2.41. The summed E-state index contributed by atoms with van der Waals surface area (Å²) in [6.07, 6.45) is -3.73. The molecule has 0 saturated carbocycles. The number of carbonyl (C=O) groups excluding carboxylic acids is 2. The lowest BCUT2D eigenvalue weighted by atomic mass is 9.99. The number of benzene rings is 1. The molecular weight excluding hydrogens is 450 g/mol. The first-order valence-corrected chi connectivity index (χ1v) is 10.9. The number of anilines is 3. The minimum absolute atomic E-state index is 0.0795. The summed E-state index contributed by atoms with van der Waals surface area (Å²) in [7, 11) is 1.84. The highest BCUT2D eigenvalue weighted by atomic mass is 19.3. The van der Waals surface area contributed by atoms with Crippen LogP contribution in [0.15, 0.2) is 18.2 Å². The van der Waals surface area contributed by atoms with Crippen LogP contribution in [0.25, 0.3) is 0 Å². The molecule has 3 aliphatic rings. The zero-order valence-electron chi connectivity index (χ0n) is 19.1.